The van der Waals surface area contributed by atoms with Gasteiger partial charge in [-0.25, -0.2) is 4.79 Å². The summed E-state index contributed by atoms with van der Waals surface area (Å²) in [6, 6.07) is 14.5. The fourth-order valence-electron chi connectivity index (χ4n) is 3.54. The second kappa shape index (κ2) is 11.3. The highest BCUT2D eigenvalue weighted by Gasteiger charge is 2.19. The largest absolute Gasteiger partial charge is 0.444 e. The van der Waals surface area contributed by atoms with Crippen molar-refractivity contribution < 1.29 is 14.3 Å². The van der Waals surface area contributed by atoms with Crippen molar-refractivity contribution in [3.05, 3.63) is 59.7 Å². The van der Waals surface area contributed by atoms with Crippen molar-refractivity contribution in [1.82, 2.24) is 10.2 Å². The summed E-state index contributed by atoms with van der Waals surface area (Å²) in [5, 5.41) is 9.06. The summed E-state index contributed by atoms with van der Waals surface area (Å²) >= 11 is 0. The van der Waals surface area contributed by atoms with Crippen molar-refractivity contribution in [3.63, 3.8) is 0 Å². The Hall–Kier alpha value is -2.90. The van der Waals surface area contributed by atoms with E-state index >= 15 is 0 Å². The second-order valence-electron chi connectivity index (χ2n) is 10.3. The Kier molecular flexibility index (Phi) is 9.02. The van der Waals surface area contributed by atoms with Crippen molar-refractivity contribution in [2.45, 2.75) is 46.8 Å². The molecule has 2 rings (SSSR count). The molecular formula is C26H38N4O3. The number of para-hydroxylation sites is 2. The molecule has 0 aromatic heterocycles. The minimum atomic E-state index is -0.610. The molecule has 3 N–H and O–H groups in total. The smallest absolute Gasteiger partial charge is 0.412 e. The molecule has 0 heterocycles. The van der Waals surface area contributed by atoms with Gasteiger partial charge in [0, 0.05) is 25.2 Å². The monoisotopic (exact) mass is 454 g/mol. The van der Waals surface area contributed by atoms with E-state index in [1.807, 2.05) is 12.1 Å². The summed E-state index contributed by atoms with van der Waals surface area (Å²) in [4.78, 5) is 27.1. The number of nitrogens with one attached hydrogen (secondary N) is 3. The lowest BCUT2D eigenvalue weighted by Crippen LogP contribution is -2.37. The van der Waals surface area contributed by atoms with Crippen molar-refractivity contribution >= 4 is 23.4 Å². The van der Waals surface area contributed by atoms with Gasteiger partial charge in [-0.15, -0.1) is 0 Å². The van der Waals surface area contributed by atoms with E-state index in [0.29, 0.717) is 16.9 Å². The molecule has 0 bridgehead atoms. The van der Waals surface area contributed by atoms with Crippen LogP contribution in [0.3, 0.4) is 0 Å². The minimum Gasteiger partial charge on any atom is -0.444 e. The van der Waals surface area contributed by atoms with Crippen LogP contribution in [-0.2, 0) is 11.3 Å². The molecule has 0 aliphatic carbocycles. The normalized spacial score (nSPS) is 11.9. The van der Waals surface area contributed by atoms with Crippen LogP contribution >= 0.6 is 0 Å². The van der Waals surface area contributed by atoms with E-state index in [9.17, 15) is 9.59 Å². The SMILES string of the molecule is CN(C)CC(C)(C)CNCc1ccc(C(=O)Nc2ccccc2NC(=O)OC(C)(C)C)cc1. The number of rotatable bonds is 9. The molecule has 33 heavy (non-hydrogen) atoms. The lowest BCUT2D eigenvalue weighted by molar-refractivity contribution is 0.0635. The van der Waals surface area contributed by atoms with Crippen molar-refractivity contribution in [1.29, 1.82) is 0 Å². The first-order valence-corrected chi connectivity index (χ1v) is 11.2. The average molecular weight is 455 g/mol. The predicted molar refractivity (Wildman–Crippen MR) is 135 cm³/mol. The molecule has 2 aromatic carbocycles. The molecule has 0 radical (unpaired) electrons. The maximum atomic E-state index is 12.8. The van der Waals surface area contributed by atoms with E-state index in [-0.39, 0.29) is 11.3 Å². The number of hydrogen-bond acceptors (Lipinski definition) is 5. The lowest BCUT2D eigenvalue weighted by atomic mass is 9.93. The predicted octanol–water partition coefficient (Wildman–Crippen LogP) is 4.96. The van der Waals surface area contributed by atoms with Crippen LogP contribution in [0.25, 0.3) is 0 Å². The Morgan fingerprint density at radius 3 is 2.00 bits per heavy atom. The number of nitrogens with zero attached hydrogens (tertiary/aromatic N) is 1. The molecule has 0 unspecified atom stereocenters. The molecule has 0 saturated carbocycles. The molecule has 0 aliphatic rings. The minimum absolute atomic E-state index is 0.171. The lowest BCUT2D eigenvalue weighted by Gasteiger charge is -2.28. The highest BCUT2D eigenvalue weighted by molar-refractivity contribution is 6.06. The van der Waals surface area contributed by atoms with Gasteiger partial charge in [-0.2, -0.15) is 0 Å². The molecule has 0 fully saturated rings. The van der Waals surface area contributed by atoms with Gasteiger partial charge in [0.25, 0.3) is 5.91 Å². The Morgan fingerprint density at radius 1 is 0.879 bits per heavy atom. The third-order valence-corrected chi connectivity index (χ3v) is 4.70. The van der Waals surface area contributed by atoms with E-state index in [1.54, 1.807) is 57.2 Å². The van der Waals surface area contributed by atoms with Gasteiger partial charge < -0.3 is 20.3 Å². The summed E-state index contributed by atoms with van der Waals surface area (Å²) in [6.45, 7) is 12.5. The molecule has 0 saturated heterocycles. The van der Waals surface area contributed by atoms with Crippen LogP contribution in [0.2, 0.25) is 0 Å². The summed E-state index contributed by atoms with van der Waals surface area (Å²) < 4.78 is 5.30. The fraction of sp³-hybridized carbons (Fsp3) is 0.462. The highest BCUT2D eigenvalue weighted by atomic mass is 16.6. The van der Waals surface area contributed by atoms with Gasteiger partial charge in [0.05, 0.1) is 11.4 Å². The van der Waals surface area contributed by atoms with Gasteiger partial charge in [-0.3, -0.25) is 10.1 Å². The van der Waals surface area contributed by atoms with Crippen LogP contribution < -0.4 is 16.0 Å². The number of carbonyl (C=O) groups is 2. The van der Waals surface area contributed by atoms with E-state index in [0.717, 1.165) is 25.2 Å². The molecule has 0 atom stereocenters. The maximum Gasteiger partial charge on any atom is 0.412 e. The van der Waals surface area contributed by atoms with Crippen LogP contribution in [0.5, 0.6) is 0 Å². The summed E-state index contributed by atoms with van der Waals surface area (Å²) in [6.07, 6.45) is -0.574. The van der Waals surface area contributed by atoms with Crippen molar-refractivity contribution in [2.75, 3.05) is 37.8 Å². The van der Waals surface area contributed by atoms with Gasteiger partial charge in [-0.05, 0) is 70.1 Å². The number of anilines is 2. The number of amides is 2. The van der Waals surface area contributed by atoms with Crippen LogP contribution in [-0.4, -0.2) is 49.7 Å². The van der Waals surface area contributed by atoms with Crippen molar-refractivity contribution in [3.8, 4) is 0 Å². The third-order valence-electron chi connectivity index (χ3n) is 4.70. The molecular weight excluding hydrogens is 416 g/mol. The van der Waals surface area contributed by atoms with E-state index in [2.05, 4.69) is 48.8 Å². The van der Waals surface area contributed by atoms with Gasteiger partial charge >= 0.3 is 6.09 Å². The van der Waals surface area contributed by atoms with Gasteiger partial charge in [0.1, 0.15) is 5.60 Å². The van der Waals surface area contributed by atoms with Gasteiger partial charge in [-0.1, -0.05) is 38.1 Å². The molecule has 2 amide bonds. The standard InChI is InChI=1S/C26H38N4O3/c1-25(2,3)33-24(32)29-22-11-9-8-10-21(22)28-23(31)20-14-12-19(13-15-20)16-27-17-26(4,5)18-30(6)7/h8-15,27H,16-18H2,1-7H3,(H,28,31)(H,29,32). The average Bonchev–Trinajstić information content (AvgIpc) is 2.67. The summed E-state index contributed by atoms with van der Waals surface area (Å²) in [5.41, 5.74) is 2.19. The van der Waals surface area contributed by atoms with Gasteiger partial charge in [0.2, 0.25) is 0 Å². The second-order valence-corrected chi connectivity index (χ2v) is 10.3. The first-order valence-electron chi connectivity index (χ1n) is 11.2. The van der Waals surface area contributed by atoms with Crippen LogP contribution in [0.1, 0.15) is 50.5 Å². The molecule has 7 nitrogen and oxygen atoms in total. The number of hydrogen-bond donors (Lipinski definition) is 3. The van der Waals surface area contributed by atoms with E-state index in [1.165, 1.54) is 0 Å². The Labute approximate surface area is 197 Å². The zero-order valence-electron chi connectivity index (χ0n) is 20.9. The zero-order chi connectivity index (χ0) is 24.6. The van der Waals surface area contributed by atoms with Gasteiger partial charge in [0.15, 0.2) is 0 Å². The number of benzene rings is 2. The Bertz CT molecular complexity index is 931. The highest BCUT2D eigenvalue weighted by Crippen LogP contribution is 2.23. The first-order chi connectivity index (χ1) is 15.3. The van der Waals surface area contributed by atoms with E-state index < -0.39 is 11.7 Å². The molecule has 180 valence electrons. The molecule has 0 aliphatic heterocycles. The number of ether oxygens (including phenoxy) is 1. The fourth-order valence-corrected chi connectivity index (χ4v) is 3.54. The van der Waals surface area contributed by atoms with Crippen LogP contribution in [0, 0.1) is 5.41 Å². The molecule has 7 heteroatoms. The molecule has 2 aromatic rings. The zero-order valence-corrected chi connectivity index (χ0v) is 20.9. The Morgan fingerprint density at radius 2 is 1.45 bits per heavy atom. The first kappa shape index (κ1) is 26.4. The number of carbonyl (C=O) groups excluding carboxylic acids is 2. The third kappa shape index (κ3) is 9.63. The molecule has 0 spiro atoms. The van der Waals surface area contributed by atoms with Crippen molar-refractivity contribution in [2.24, 2.45) is 5.41 Å². The van der Waals surface area contributed by atoms with Crippen LogP contribution in [0.4, 0.5) is 16.2 Å². The summed E-state index contributed by atoms with van der Waals surface area (Å²) in [7, 11) is 4.16. The Balaban J connectivity index is 1.95. The van der Waals surface area contributed by atoms with E-state index in [4.69, 9.17) is 4.74 Å². The maximum absolute atomic E-state index is 12.8. The van der Waals surface area contributed by atoms with Crippen LogP contribution in [0.15, 0.2) is 48.5 Å². The quantitative estimate of drug-likeness (QED) is 0.499. The topological polar surface area (TPSA) is 82.7 Å². The summed E-state index contributed by atoms with van der Waals surface area (Å²) in [5.74, 6) is -0.250.